The Balaban J connectivity index is 1.66. The van der Waals surface area contributed by atoms with Gasteiger partial charge in [0.25, 0.3) is 0 Å². The molecule has 5 rings (SSSR count). The zero-order valence-electron chi connectivity index (χ0n) is 15.9. The Bertz CT molecular complexity index is 1210. The van der Waals surface area contributed by atoms with E-state index in [4.69, 9.17) is 5.10 Å². The largest absolute Gasteiger partial charge is 0.478 e. The molecule has 4 aromatic rings. The molecule has 0 radical (unpaired) electrons. The fourth-order valence-corrected chi connectivity index (χ4v) is 4.00. The van der Waals surface area contributed by atoms with Gasteiger partial charge in [-0.25, -0.2) is 9.48 Å². The van der Waals surface area contributed by atoms with Crippen molar-refractivity contribution in [1.82, 2.24) is 9.78 Å². The van der Waals surface area contributed by atoms with Crippen LogP contribution in [0, 0.1) is 0 Å². The molecule has 0 saturated heterocycles. The Morgan fingerprint density at radius 3 is 2.55 bits per heavy atom. The molecule has 144 valence electrons. The summed E-state index contributed by atoms with van der Waals surface area (Å²) in [6, 6.07) is 21.7. The first-order valence-electron chi connectivity index (χ1n) is 9.89. The zero-order chi connectivity index (χ0) is 19.8. The number of nitrogens with zero attached hydrogens (tertiary/aromatic N) is 2. The van der Waals surface area contributed by atoms with Crippen LogP contribution in [0.1, 0.15) is 28.8 Å². The highest BCUT2D eigenvalue weighted by Gasteiger charge is 2.22. The van der Waals surface area contributed by atoms with Crippen molar-refractivity contribution in [3.8, 4) is 16.9 Å². The maximum atomic E-state index is 11.2. The van der Waals surface area contributed by atoms with Crippen LogP contribution >= 0.6 is 0 Å². The lowest BCUT2D eigenvalue weighted by Gasteiger charge is -2.09. The molecular weight excluding hydrogens is 362 g/mol. The van der Waals surface area contributed by atoms with E-state index in [1.807, 2.05) is 22.9 Å². The SMILES string of the molecule is O=C(O)c1ccc(-n2nc(-c3ccc4ccccc4c3)c3c2NCCCC3)cc1. The fraction of sp³-hybridized carbons (Fsp3) is 0.167. The van der Waals surface area contributed by atoms with Crippen molar-refractivity contribution < 1.29 is 9.90 Å². The van der Waals surface area contributed by atoms with Crippen LogP contribution in [0.5, 0.6) is 0 Å². The van der Waals surface area contributed by atoms with Crippen LogP contribution in [-0.2, 0) is 6.42 Å². The van der Waals surface area contributed by atoms with Crippen molar-refractivity contribution in [3.63, 3.8) is 0 Å². The van der Waals surface area contributed by atoms with Crippen molar-refractivity contribution in [3.05, 3.63) is 77.9 Å². The minimum atomic E-state index is -0.925. The summed E-state index contributed by atoms with van der Waals surface area (Å²) in [5, 5.41) is 20.1. The highest BCUT2D eigenvalue weighted by molar-refractivity contribution is 5.88. The predicted octanol–water partition coefficient (Wildman–Crippen LogP) is 5.14. The number of carboxylic acid groups (broad SMARTS) is 1. The van der Waals surface area contributed by atoms with Gasteiger partial charge in [0.05, 0.1) is 16.9 Å². The van der Waals surface area contributed by atoms with Gasteiger partial charge in [0.1, 0.15) is 5.82 Å². The number of fused-ring (bicyclic) bond motifs is 2. The molecule has 1 aromatic heterocycles. The van der Waals surface area contributed by atoms with Gasteiger partial charge in [-0.2, -0.15) is 5.10 Å². The summed E-state index contributed by atoms with van der Waals surface area (Å²) in [5.74, 6) is 0.0829. The maximum Gasteiger partial charge on any atom is 0.335 e. The van der Waals surface area contributed by atoms with E-state index < -0.39 is 5.97 Å². The van der Waals surface area contributed by atoms with Crippen LogP contribution in [0.25, 0.3) is 27.7 Å². The molecule has 0 spiro atoms. The van der Waals surface area contributed by atoms with E-state index >= 15 is 0 Å². The highest BCUT2D eigenvalue weighted by atomic mass is 16.4. The summed E-state index contributed by atoms with van der Waals surface area (Å²) in [7, 11) is 0. The van der Waals surface area contributed by atoms with Crippen LogP contribution in [-0.4, -0.2) is 27.4 Å². The van der Waals surface area contributed by atoms with Crippen molar-refractivity contribution >= 4 is 22.6 Å². The first-order chi connectivity index (χ1) is 14.2. The monoisotopic (exact) mass is 383 g/mol. The second kappa shape index (κ2) is 7.09. The van der Waals surface area contributed by atoms with E-state index in [1.165, 1.54) is 16.3 Å². The van der Waals surface area contributed by atoms with Gasteiger partial charge in [-0.15, -0.1) is 0 Å². The van der Waals surface area contributed by atoms with E-state index in [-0.39, 0.29) is 5.56 Å². The lowest BCUT2D eigenvalue weighted by Crippen LogP contribution is -2.07. The fourth-order valence-electron chi connectivity index (χ4n) is 4.00. The Labute approximate surface area is 168 Å². The number of rotatable bonds is 3. The van der Waals surface area contributed by atoms with Gasteiger partial charge in [0, 0.05) is 17.7 Å². The summed E-state index contributed by atoms with van der Waals surface area (Å²) in [6.45, 7) is 0.906. The molecule has 2 N–H and O–H groups in total. The Morgan fingerprint density at radius 1 is 0.966 bits per heavy atom. The number of aromatic carboxylic acids is 1. The summed E-state index contributed by atoms with van der Waals surface area (Å²) in [6.07, 6.45) is 3.20. The van der Waals surface area contributed by atoms with E-state index in [2.05, 4.69) is 41.7 Å². The van der Waals surface area contributed by atoms with E-state index in [9.17, 15) is 9.90 Å². The standard InChI is InChI=1S/C24H21N3O2/c28-24(29)17-10-12-20(13-11-17)27-23-21(7-3-4-14-25-23)22(26-27)19-9-8-16-5-1-2-6-18(16)15-19/h1-2,5-6,8-13,15,25H,3-4,7,14H2,(H,28,29). The number of benzene rings is 3. The van der Waals surface area contributed by atoms with Crippen molar-refractivity contribution in [2.75, 3.05) is 11.9 Å². The molecule has 0 aliphatic carbocycles. The van der Waals surface area contributed by atoms with Gasteiger partial charge in [0.15, 0.2) is 0 Å². The highest BCUT2D eigenvalue weighted by Crippen LogP contribution is 2.35. The second-order valence-electron chi connectivity index (χ2n) is 7.39. The van der Waals surface area contributed by atoms with Gasteiger partial charge in [-0.1, -0.05) is 36.4 Å². The Hall–Kier alpha value is -3.60. The molecule has 5 nitrogen and oxygen atoms in total. The van der Waals surface area contributed by atoms with Gasteiger partial charge in [-0.05, 0) is 60.4 Å². The lowest BCUT2D eigenvalue weighted by molar-refractivity contribution is 0.0697. The number of hydrogen-bond donors (Lipinski definition) is 2. The molecule has 0 unspecified atom stereocenters. The van der Waals surface area contributed by atoms with Crippen LogP contribution in [0.15, 0.2) is 66.7 Å². The van der Waals surface area contributed by atoms with Crippen molar-refractivity contribution in [2.24, 2.45) is 0 Å². The van der Waals surface area contributed by atoms with E-state index in [1.54, 1.807) is 12.1 Å². The molecule has 0 fully saturated rings. The van der Waals surface area contributed by atoms with Gasteiger partial charge >= 0.3 is 5.97 Å². The second-order valence-corrected chi connectivity index (χ2v) is 7.39. The third-order valence-corrected chi connectivity index (χ3v) is 5.51. The average molecular weight is 383 g/mol. The number of carbonyl (C=O) groups is 1. The summed E-state index contributed by atoms with van der Waals surface area (Å²) in [5.41, 5.74) is 4.44. The van der Waals surface area contributed by atoms with Crippen LogP contribution in [0.3, 0.4) is 0 Å². The van der Waals surface area contributed by atoms with E-state index in [0.717, 1.165) is 48.6 Å². The molecule has 1 aliphatic heterocycles. The van der Waals surface area contributed by atoms with E-state index in [0.29, 0.717) is 0 Å². The van der Waals surface area contributed by atoms with Gasteiger partial charge < -0.3 is 10.4 Å². The first kappa shape index (κ1) is 17.5. The molecule has 0 saturated carbocycles. The molecule has 0 amide bonds. The summed E-state index contributed by atoms with van der Waals surface area (Å²) >= 11 is 0. The summed E-state index contributed by atoms with van der Waals surface area (Å²) in [4.78, 5) is 11.2. The molecule has 0 bridgehead atoms. The Morgan fingerprint density at radius 2 is 1.76 bits per heavy atom. The quantitative estimate of drug-likeness (QED) is 0.514. The molecule has 29 heavy (non-hydrogen) atoms. The van der Waals surface area contributed by atoms with Crippen LogP contribution < -0.4 is 5.32 Å². The third-order valence-electron chi connectivity index (χ3n) is 5.51. The maximum absolute atomic E-state index is 11.2. The molecule has 0 atom stereocenters. The minimum absolute atomic E-state index is 0.273. The van der Waals surface area contributed by atoms with Gasteiger partial charge in [0.2, 0.25) is 0 Å². The number of aromatic nitrogens is 2. The topological polar surface area (TPSA) is 67.1 Å². The number of anilines is 1. The third kappa shape index (κ3) is 3.14. The molecule has 2 heterocycles. The molecular formula is C24H21N3O2. The number of hydrogen-bond acceptors (Lipinski definition) is 3. The average Bonchev–Trinajstić information content (AvgIpc) is 2.94. The van der Waals surface area contributed by atoms with Crippen molar-refractivity contribution in [1.29, 1.82) is 0 Å². The minimum Gasteiger partial charge on any atom is -0.478 e. The first-order valence-corrected chi connectivity index (χ1v) is 9.89. The number of carboxylic acids is 1. The molecule has 5 heteroatoms. The molecule has 3 aromatic carbocycles. The summed E-state index contributed by atoms with van der Waals surface area (Å²) < 4.78 is 1.91. The zero-order valence-corrected chi connectivity index (χ0v) is 15.9. The van der Waals surface area contributed by atoms with Crippen LogP contribution in [0.4, 0.5) is 5.82 Å². The molecule has 1 aliphatic rings. The Kier molecular flexibility index (Phi) is 4.28. The predicted molar refractivity (Wildman–Crippen MR) is 115 cm³/mol. The normalized spacial score (nSPS) is 13.5. The smallest absolute Gasteiger partial charge is 0.335 e. The van der Waals surface area contributed by atoms with Crippen molar-refractivity contribution in [2.45, 2.75) is 19.3 Å². The van der Waals surface area contributed by atoms with Crippen LogP contribution in [0.2, 0.25) is 0 Å². The lowest BCUT2D eigenvalue weighted by atomic mass is 10.0. The number of nitrogens with one attached hydrogen (secondary N) is 1. The van der Waals surface area contributed by atoms with Gasteiger partial charge in [-0.3, -0.25) is 0 Å².